The van der Waals surface area contributed by atoms with E-state index < -0.39 is 0 Å². The van der Waals surface area contributed by atoms with Crippen molar-refractivity contribution in [2.75, 3.05) is 26.2 Å². The van der Waals surface area contributed by atoms with Crippen LogP contribution in [-0.4, -0.2) is 37.1 Å². The first-order valence-corrected chi connectivity index (χ1v) is 8.66. The largest absolute Gasteiger partial charge is 0.329 e. The quantitative estimate of drug-likeness (QED) is 0.849. The summed E-state index contributed by atoms with van der Waals surface area (Å²) >= 11 is 0. The third-order valence-electron chi connectivity index (χ3n) is 4.40. The molecule has 1 aromatic rings. The predicted octanol–water partition coefficient (Wildman–Crippen LogP) is 2.86. The molecule has 1 saturated heterocycles. The smallest absolute Gasteiger partial charge is 0.0208 e. The van der Waals surface area contributed by atoms with Gasteiger partial charge in [0.15, 0.2) is 0 Å². The summed E-state index contributed by atoms with van der Waals surface area (Å²) in [6, 6.07) is 11.3. The van der Waals surface area contributed by atoms with Gasteiger partial charge in [-0.3, -0.25) is 0 Å². The maximum Gasteiger partial charge on any atom is 0.0208 e. The highest BCUT2D eigenvalue weighted by Gasteiger charge is 2.29. The first-order valence-electron chi connectivity index (χ1n) is 8.66. The second-order valence-electron chi connectivity index (χ2n) is 7.98. The van der Waals surface area contributed by atoms with Crippen LogP contribution in [0.1, 0.15) is 39.2 Å². The monoisotopic (exact) mass is 303 g/mol. The van der Waals surface area contributed by atoms with Crippen LogP contribution < -0.4 is 11.1 Å². The van der Waals surface area contributed by atoms with E-state index in [1.165, 1.54) is 24.9 Å². The molecule has 0 amide bonds. The number of hydrogen-bond acceptors (Lipinski definition) is 3. The Bertz CT molecular complexity index is 424. The maximum absolute atomic E-state index is 5.78. The second-order valence-corrected chi connectivity index (χ2v) is 7.98. The standard InChI is InChI=1S/C19H33N3/c1-19(2,3)12-17-11-18(15-22(14-17)10-9-20)21-13-16-7-5-4-6-8-16/h4-8,17-18,21H,9-15,20H2,1-3H3. The second kappa shape index (κ2) is 8.09. The van der Waals surface area contributed by atoms with E-state index in [1.54, 1.807) is 0 Å². The Labute approximate surface area is 136 Å². The Morgan fingerprint density at radius 3 is 2.55 bits per heavy atom. The predicted molar refractivity (Wildman–Crippen MR) is 94.7 cm³/mol. The molecular weight excluding hydrogens is 270 g/mol. The van der Waals surface area contributed by atoms with Crippen LogP contribution in [0.5, 0.6) is 0 Å². The van der Waals surface area contributed by atoms with Gasteiger partial charge in [-0.2, -0.15) is 0 Å². The Balaban J connectivity index is 1.90. The summed E-state index contributed by atoms with van der Waals surface area (Å²) in [5, 5.41) is 3.76. The van der Waals surface area contributed by atoms with Crippen molar-refractivity contribution in [2.45, 2.75) is 46.2 Å². The number of nitrogens with one attached hydrogen (secondary N) is 1. The van der Waals surface area contributed by atoms with Gasteiger partial charge in [-0.05, 0) is 29.7 Å². The molecule has 0 aliphatic carbocycles. The lowest BCUT2D eigenvalue weighted by Gasteiger charge is -2.40. The minimum absolute atomic E-state index is 0.403. The van der Waals surface area contributed by atoms with Gasteiger partial charge in [-0.25, -0.2) is 0 Å². The van der Waals surface area contributed by atoms with Gasteiger partial charge in [0.05, 0.1) is 0 Å². The molecule has 3 N–H and O–H groups in total. The number of rotatable bonds is 6. The lowest BCUT2D eigenvalue weighted by atomic mass is 9.80. The number of nitrogens with two attached hydrogens (primary N) is 1. The van der Waals surface area contributed by atoms with E-state index in [9.17, 15) is 0 Å². The van der Waals surface area contributed by atoms with Gasteiger partial charge >= 0.3 is 0 Å². The highest BCUT2D eigenvalue weighted by molar-refractivity contribution is 5.14. The fourth-order valence-electron chi connectivity index (χ4n) is 3.69. The van der Waals surface area contributed by atoms with Crippen molar-refractivity contribution in [3.05, 3.63) is 35.9 Å². The topological polar surface area (TPSA) is 41.3 Å². The summed E-state index contributed by atoms with van der Waals surface area (Å²) in [6.45, 7) is 12.1. The summed E-state index contributed by atoms with van der Waals surface area (Å²) < 4.78 is 0. The van der Waals surface area contributed by atoms with Crippen molar-refractivity contribution in [1.82, 2.24) is 10.2 Å². The molecule has 1 fully saturated rings. The molecule has 124 valence electrons. The molecule has 1 aromatic carbocycles. The zero-order valence-corrected chi connectivity index (χ0v) is 14.5. The molecule has 0 saturated carbocycles. The molecule has 0 spiro atoms. The van der Waals surface area contributed by atoms with E-state index in [-0.39, 0.29) is 0 Å². The van der Waals surface area contributed by atoms with Crippen LogP contribution in [0, 0.1) is 11.3 Å². The first kappa shape index (κ1) is 17.5. The number of benzene rings is 1. The fraction of sp³-hybridized carbons (Fsp3) is 0.684. The number of likely N-dealkylation sites (tertiary alicyclic amines) is 1. The highest BCUT2D eigenvalue weighted by Crippen LogP contribution is 2.30. The Kier molecular flexibility index (Phi) is 6.42. The molecule has 1 heterocycles. The van der Waals surface area contributed by atoms with Crippen LogP contribution in [-0.2, 0) is 6.54 Å². The Morgan fingerprint density at radius 2 is 1.91 bits per heavy atom. The van der Waals surface area contributed by atoms with E-state index in [0.29, 0.717) is 11.5 Å². The van der Waals surface area contributed by atoms with Crippen LogP contribution in [0.3, 0.4) is 0 Å². The molecule has 1 aliphatic heterocycles. The zero-order chi connectivity index (χ0) is 16.0. The number of piperidine rings is 1. The van der Waals surface area contributed by atoms with Crippen LogP contribution in [0.2, 0.25) is 0 Å². The van der Waals surface area contributed by atoms with Crippen molar-refractivity contribution < 1.29 is 0 Å². The maximum atomic E-state index is 5.78. The van der Waals surface area contributed by atoms with Gasteiger partial charge in [0.1, 0.15) is 0 Å². The fourth-order valence-corrected chi connectivity index (χ4v) is 3.69. The van der Waals surface area contributed by atoms with Crippen molar-refractivity contribution in [3.63, 3.8) is 0 Å². The minimum Gasteiger partial charge on any atom is -0.329 e. The lowest BCUT2D eigenvalue weighted by molar-refractivity contribution is 0.116. The van der Waals surface area contributed by atoms with Crippen molar-refractivity contribution >= 4 is 0 Å². The van der Waals surface area contributed by atoms with E-state index in [2.05, 4.69) is 61.3 Å². The number of nitrogens with zero attached hydrogens (tertiary/aromatic N) is 1. The molecule has 0 radical (unpaired) electrons. The van der Waals surface area contributed by atoms with Crippen molar-refractivity contribution in [3.8, 4) is 0 Å². The summed E-state index contributed by atoms with van der Waals surface area (Å²) in [5.74, 6) is 0.772. The van der Waals surface area contributed by atoms with Crippen LogP contribution in [0.25, 0.3) is 0 Å². The third kappa shape index (κ3) is 6.07. The Hall–Kier alpha value is -0.900. The molecular formula is C19H33N3. The average Bonchev–Trinajstić information content (AvgIpc) is 2.44. The third-order valence-corrected chi connectivity index (χ3v) is 4.40. The molecule has 3 heteroatoms. The van der Waals surface area contributed by atoms with Crippen LogP contribution in [0.15, 0.2) is 30.3 Å². The Morgan fingerprint density at radius 1 is 1.18 bits per heavy atom. The summed E-state index contributed by atoms with van der Waals surface area (Å²) in [7, 11) is 0. The van der Waals surface area contributed by atoms with Gasteiger partial charge in [0.2, 0.25) is 0 Å². The SMILES string of the molecule is CC(C)(C)CC1CC(NCc2ccccc2)CN(CCN)C1. The van der Waals surface area contributed by atoms with Gasteiger partial charge in [0.25, 0.3) is 0 Å². The molecule has 3 nitrogen and oxygen atoms in total. The van der Waals surface area contributed by atoms with Crippen LogP contribution >= 0.6 is 0 Å². The molecule has 22 heavy (non-hydrogen) atoms. The zero-order valence-electron chi connectivity index (χ0n) is 14.5. The molecule has 2 unspecified atom stereocenters. The molecule has 0 bridgehead atoms. The van der Waals surface area contributed by atoms with E-state index in [0.717, 1.165) is 32.1 Å². The van der Waals surface area contributed by atoms with E-state index in [4.69, 9.17) is 5.73 Å². The van der Waals surface area contributed by atoms with E-state index >= 15 is 0 Å². The summed E-state index contributed by atoms with van der Waals surface area (Å²) in [4.78, 5) is 2.54. The highest BCUT2D eigenvalue weighted by atomic mass is 15.2. The van der Waals surface area contributed by atoms with Crippen molar-refractivity contribution in [2.24, 2.45) is 17.1 Å². The van der Waals surface area contributed by atoms with Gasteiger partial charge in [-0.15, -0.1) is 0 Å². The van der Waals surface area contributed by atoms with E-state index in [1.807, 2.05) is 0 Å². The first-order chi connectivity index (χ1) is 10.5. The summed E-state index contributed by atoms with van der Waals surface area (Å²) in [6.07, 6.45) is 2.57. The number of hydrogen-bond donors (Lipinski definition) is 2. The average molecular weight is 303 g/mol. The lowest BCUT2D eigenvalue weighted by Crippen LogP contribution is -2.50. The van der Waals surface area contributed by atoms with Gasteiger partial charge in [-0.1, -0.05) is 51.1 Å². The molecule has 2 atom stereocenters. The van der Waals surface area contributed by atoms with Gasteiger partial charge < -0.3 is 16.0 Å². The normalized spacial score (nSPS) is 23.6. The minimum atomic E-state index is 0.403. The summed E-state index contributed by atoms with van der Waals surface area (Å²) in [5.41, 5.74) is 7.55. The van der Waals surface area contributed by atoms with Crippen LogP contribution in [0.4, 0.5) is 0 Å². The van der Waals surface area contributed by atoms with Gasteiger partial charge in [0, 0.05) is 38.8 Å². The van der Waals surface area contributed by atoms with Crippen molar-refractivity contribution in [1.29, 1.82) is 0 Å². The molecule has 1 aliphatic rings. The molecule has 2 rings (SSSR count). The molecule has 0 aromatic heterocycles.